The van der Waals surface area contributed by atoms with Crippen LogP contribution in [0.4, 0.5) is 17.8 Å². The Hall–Kier alpha value is -1.63. The molecule has 1 fully saturated rings. The fourth-order valence-corrected chi connectivity index (χ4v) is 2.24. The Morgan fingerprint density at radius 1 is 1.15 bits per heavy atom. The van der Waals surface area contributed by atoms with Crippen molar-refractivity contribution in [3.63, 3.8) is 0 Å². The molecule has 112 valence electrons. The maximum Gasteiger partial charge on any atom is 0.231 e. The minimum atomic E-state index is -0.0312. The van der Waals surface area contributed by atoms with E-state index in [1.54, 1.807) is 7.05 Å². The number of aromatic nitrogens is 3. The predicted octanol–water partition coefficient (Wildman–Crippen LogP) is 1.09. The molecule has 1 atom stereocenters. The van der Waals surface area contributed by atoms with Gasteiger partial charge in [-0.25, -0.2) is 0 Å². The third-order valence-corrected chi connectivity index (χ3v) is 3.53. The summed E-state index contributed by atoms with van der Waals surface area (Å²) in [6.07, 6.45) is 4.44. The second-order valence-electron chi connectivity index (χ2n) is 5.01. The van der Waals surface area contributed by atoms with Gasteiger partial charge in [0.1, 0.15) is 0 Å². The molecule has 3 N–H and O–H groups in total. The molecule has 0 bridgehead atoms. The van der Waals surface area contributed by atoms with Crippen LogP contribution < -0.4 is 15.5 Å². The van der Waals surface area contributed by atoms with Crippen LogP contribution in [0, 0.1) is 0 Å². The van der Waals surface area contributed by atoms with Gasteiger partial charge in [0.15, 0.2) is 0 Å². The van der Waals surface area contributed by atoms with Gasteiger partial charge >= 0.3 is 0 Å². The quantitative estimate of drug-likeness (QED) is 0.719. The van der Waals surface area contributed by atoms with Crippen LogP contribution in [0.25, 0.3) is 0 Å². The maximum absolute atomic E-state index is 9.27. The van der Waals surface area contributed by atoms with Gasteiger partial charge in [0.25, 0.3) is 0 Å². The molecule has 0 spiro atoms. The van der Waals surface area contributed by atoms with Gasteiger partial charge in [-0.3, -0.25) is 0 Å². The van der Waals surface area contributed by atoms with E-state index >= 15 is 0 Å². The summed E-state index contributed by atoms with van der Waals surface area (Å²) in [4.78, 5) is 15.4. The van der Waals surface area contributed by atoms with Gasteiger partial charge in [-0.2, -0.15) is 15.0 Å². The molecule has 0 amide bonds. The molecule has 1 unspecified atom stereocenters. The van der Waals surface area contributed by atoms with Crippen LogP contribution in [-0.4, -0.2) is 52.8 Å². The van der Waals surface area contributed by atoms with Crippen molar-refractivity contribution in [2.24, 2.45) is 0 Å². The first-order chi connectivity index (χ1) is 9.76. The Morgan fingerprint density at radius 2 is 1.85 bits per heavy atom. The fraction of sp³-hybridized carbons (Fsp3) is 0.769. The molecule has 20 heavy (non-hydrogen) atoms. The van der Waals surface area contributed by atoms with Crippen LogP contribution in [0.2, 0.25) is 0 Å². The number of hydrogen-bond donors (Lipinski definition) is 3. The number of aliphatic hydroxyl groups excluding tert-OH is 1. The first kappa shape index (κ1) is 14.8. The van der Waals surface area contributed by atoms with Gasteiger partial charge < -0.3 is 20.6 Å². The third-order valence-electron chi connectivity index (χ3n) is 3.53. The summed E-state index contributed by atoms with van der Waals surface area (Å²) >= 11 is 0. The van der Waals surface area contributed by atoms with Crippen molar-refractivity contribution < 1.29 is 5.11 Å². The zero-order valence-electron chi connectivity index (χ0n) is 12.3. The van der Waals surface area contributed by atoms with E-state index in [4.69, 9.17) is 0 Å². The summed E-state index contributed by atoms with van der Waals surface area (Å²) in [5.74, 6) is 1.78. The molecule has 0 saturated carbocycles. The number of anilines is 3. The van der Waals surface area contributed by atoms with Crippen LogP contribution in [0.15, 0.2) is 0 Å². The molecule has 0 radical (unpaired) electrons. The smallest absolute Gasteiger partial charge is 0.231 e. The SMILES string of the molecule is CCC(CO)Nc1nc(NC)nc(N2CCCCC2)n1. The van der Waals surface area contributed by atoms with E-state index in [2.05, 4.69) is 30.5 Å². The van der Waals surface area contributed by atoms with Crippen molar-refractivity contribution in [1.29, 1.82) is 0 Å². The highest BCUT2D eigenvalue weighted by atomic mass is 16.3. The number of aliphatic hydroxyl groups is 1. The van der Waals surface area contributed by atoms with Crippen LogP contribution in [0.3, 0.4) is 0 Å². The number of nitrogens with one attached hydrogen (secondary N) is 2. The highest BCUT2D eigenvalue weighted by Crippen LogP contribution is 2.18. The standard InChI is InChI=1S/C13H24N6O/c1-3-10(9-20)15-12-16-11(14-2)17-13(18-12)19-7-5-4-6-8-19/h10,20H,3-9H2,1-2H3,(H2,14,15,16,17,18). The summed E-state index contributed by atoms with van der Waals surface area (Å²) in [5, 5.41) is 15.4. The molecule has 2 rings (SSSR count). The van der Waals surface area contributed by atoms with Crippen molar-refractivity contribution in [1.82, 2.24) is 15.0 Å². The first-order valence-corrected chi connectivity index (χ1v) is 7.33. The Kier molecular flexibility index (Phi) is 5.34. The zero-order valence-corrected chi connectivity index (χ0v) is 12.3. The third kappa shape index (κ3) is 3.69. The second kappa shape index (κ2) is 7.23. The molecule has 1 aromatic rings. The van der Waals surface area contributed by atoms with E-state index in [-0.39, 0.29) is 12.6 Å². The molecular weight excluding hydrogens is 256 g/mol. The summed E-state index contributed by atoms with van der Waals surface area (Å²) in [7, 11) is 1.79. The Bertz CT molecular complexity index is 417. The van der Waals surface area contributed by atoms with Crippen molar-refractivity contribution in [3.8, 4) is 0 Å². The monoisotopic (exact) mass is 280 g/mol. The number of nitrogens with zero attached hydrogens (tertiary/aromatic N) is 4. The molecule has 1 aromatic heterocycles. The van der Waals surface area contributed by atoms with E-state index in [1.165, 1.54) is 19.3 Å². The van der Waals surface area contributed by atoms with E-state index in [0.717, 1.165) is 19.5 Å². The van der Waals surface area contributed by atoms with E-state index in [9.17, 15) is 5.11 Å². The average Bonchev–Trinajstić information content (AvgIpc) is 2.53. The van der Waals surface area contributed by atoms with Crippen molar-refractivity contribution in [3.05, 3.63) is 0 Å². The van der Waals surface area contributed by atoms with Gasteiger partial charge in [-0.15, -0.1) is 0 Å². The Labute approximate surface area is 119 Å². The summed E-state index contributed by atoms with van der Waals surface area (Å²) in [6.45, 7) is 4.06. The average molecular weight is 280 g/mol. The molecule has 7 heteroatoms. The first-order valence-electron chi connectivity index (χ1n) is 7.33. The zero-order chi connectivity index (χ0) is 14.4. The lowest BCUT2D eigenvalue weighted by molar-refractivity contribution is 0.271. The molecule has 7 nitrogen and oxygen atoms in total. The lowest BCUT2D eigenvalue weighted by Crippen LogP contribution is -2.32. The molecule has 1 aliphatic heterocycles. The molecule has 1 aliphatic rings. The maximum atomic E-state index is 9.27. The lowest BCUT2D eigenvalue weighted by Gasteiger charge is -2.27. The van der Waals surface area contributed by atoms with E-state index < -0.39 is 0 Å². The van der Waals surface area contributed by atoms with Crippen LogP contribution in [0.1, 0.15) is 32.6 Å². The second-order valence-corrected chi connectivity index (χ2v) is 5.01. The van der Waals surface area contributed by atoms with Gasteiger partial charge in [0.2, 0.25) is 17.8 Å². The van der Waals surface area contributed by atoms with Gasteiger partial charge in [0.05, 0.1) is 12.6 Å². The molecule has 0 aliphatic carbocycles. The number of hydrogen-bond acceptors (Lipinski definition) is 7. The fourth-order valence-electron chi connectivity index (χ4n) is 2.24. The summed E-state index contributed by atoms with van der Waals surface area (Å²) in [6, 6.07) is -0.0312. The normalized spacial score (nSPS) is 16.9. The summed E-state index contributed by atoms with van der Waals surface area (Å²) in [5.41, 5.74) is 0. The Balaban J connectivity index is 2.18. The molecule has 1 saturated heterocycles. The highest BCUT2D eigenvalue weighted by molar-refractivity contribution is 5.44. The predicted molar refractivity (Wildman–Crippen MR) is 80.2 cm³/mol. The number of piperidine rings is 1. The van der Waals surface area contributed by atoms with Crippen LogP contribution in [-0.2, 0) is 0 Å². The topological polar surface area (TPSA) is 86.2 Å². The van der Waals surface area contributed by atoms with E-state index in [1.807, 2.05) is 6.92 Å². The van der Waals surface area contributed by atoms with Crippen LogP contribution in [0.5, 0.6) is 0 Å². The highest BCUT2D eigenvalue weighted by Gasteiger charge is 2.16. The number of rotatable bonds is 6. The van der Waals surface area contributed by atoms with Crippen molar-refractivity contribution in [2.45, 2.75) is 38.6 Å². The minimum Gasteiger partial charge on any atom is -0.394 e. The molecule has 0 aromatic carbocycles. The van der Waals surface area contributed by atoms with Gasteiger partial charge in [-0.1, -0.05) is 6.92 Å². The minimum absolute atomic E-state index is 0.0312. The molecular formula is C13H24N6O. The molecule has 2 heterocycles. The van der Waals surface area contributed by atoms with E-state index in [0.29, 0.717) is 17.8 Å². The Morgan fingerprint density at radius 3 is 2.45 bits per heavy atom. The van der Waals surface area contributed by atoms with Crippen molar-refractivity contribution in [2.75, 3.05) is 42.3 Å². The van der Waals surface area contributed by atoms with Gasteiger partial charge in [-0.05, 0) is 25.7 Å². The van der Waals surface area contributed by atoms with Crippen LogP contribution >= 0.6 is 0 Å². The van der Waals surface area contributed by atoms with Crippen molar-refractivity contribution >= 4 is 17.8 Å². The van der Waals surface area contributed by atoms with Gasteiger partial charge in [0, 0.05) is 20.1 Å². The lowest BCUT2D eigenvalue weighted by atomic mass is 10.1. The summed E-state index contributed by atoms with van der Waals surface area (Å²) < 4.78 is 0. The largest absolute Gasteiger partial charge is 0.394 e.